The highest BCUT2D eigenvalue weighted by atomic mass is 16.6. The van der Waals surface area contributed by atoms with Gasteiger partial charge < -0.3 is 0 Å². The molecule has 0 aliphatic heterocycles. The Balaban J connectivity index is 2.07. The summed E-state index contributed by atoms with van der Waals surface area (Å²) in [6.45, 7) is 6.55. The van der Waals surface area contributed by atoms with Crippen LogP contribution in [-0.2, 0) is 0 Å². The molecule has 0 saturated heterocycles. The highest BCUT2D eigenvalue weighted by Crippen LogP contribution is 2.31. The van der Waals surface area contributed by atoms with Gasteiger partial charge in [-0.25, -0.2) is 5.43 Å². The quantitative estimate of drug-likeness (QED) is 0.677. The maximum absolute atomic E-state index is 12.1. The van der Waals surface area contributed by atoms with Crippen LogP contribution in [0.2, 0.25) is 0 Å². The predicted octanol–water partition coefficient (Wildman–Crippen LogP) is 3.77. The molecule has 6 nitrogen and oxygen atoms in total. The van der Waals surface area contributed by atoms with Gasteiger partial charge in [0.25, 0.3) is 11.6 Å². The van der Waals surface area contributed by atoms with Crippen molar-refractivity contribution in [1.82, 2.24) is 5.43 Å². The molecule has 0 bridgehead atoms. The van der Waals surface area contributed by atoms with Crippen molar-refractivity contribution in [2.24, 2.45) is 22.9 Å². The van der Waals surface area contributed by atoms with Crippen molar-refractivity contribution < 1.29 is 9.72 Å². The van der Waals surface area contributed by atoms with Crippen LogP contribution >= 0.6 is 0 Å². The zero-order valence-electron chi connectivity index (χ0n) is 13.8. The van der Waals surface area contributed by atoms with Crippen molar-refractivity contribution in [3.63, 3.8) is 0 Å². The Morgan fingerprint density at radius 3 is 2.52 bits per heavy atom. The van der Waals surface area contributed by atoms with E-state index in [0.717, 1.165) is 18.6 Å². The number of nitrogens with one attached hydrogen (secondary N) is 1. The molecular formula is C17H23N3O3. The molecule has 23 heavy (non-hydrogen) atoms. The number of hydrogen-bond acceptors (Lipinski definition) is 4. The predicted molar refractivity (Wildman–Crippen MR) is 89.3 cm³/mol. The summed E-state index contributed by atoms with van der Waals surface area (Å²) in [5.41, 5.74) is 3.98. The van der Waals surface area contributed by atoms with E-state index >= 15 is 0 Å². The summed E-state index contributed by atoms with van der Waals surface area (Å²) in [6.07, 6.45) is 3.20. The van der Waals surface area contributed by atoms with E-state index in [4.69, 9.17) is 0 Å². The Morgan fingerprint density at radius 2 is 1.96 bits per heavy atom. The van der Waals surface area contributed by atoms with Crippen molar-refractivity contribution in [3.8, 4) is 0 Å². The number of amides is 1. The Hall–Kier alpha value is -2.24. The first-order valence-corrected chi connectivity index (χ1v) is 7.99. The highest BCUT2D eigenvalue weighted by molar-refractivity contribution is 5.96. The molecule has 0 radical (unpaired) electrons. The SMILES string of the molecule is CC(C)[C@@H]1CC[C@@H](C)C/C1=N/NC(=O)c1ccc([N+](=O)[O-])cc1. The second-order valence-corrected chi connectivity index (χ2v) is 6.59. The molecule has 6 heteroatoms. The second-order valence-electron chi connectivity index (χ2n) is 6.59. The molecule has 0 unspecified atom stereocenters. The molecule has 124 valence electrons. The lowest BCUT2D eigenvalue weighted by molar-refractivity contribution is -0.384. The van der Waals surface area contributed by atoms with Crippen LogP contribution < -0.4 is 5.43 Å². The van der Waals surface area contributed by atoms with Crippen molar-refractivity contribution >= 4 is 17.3 Å². The molecular weight excluding hydrogens is 294 g/mol. The fourth-order valence-electron chi connectivity index (χ4n) is 3.01. The summed E-state index contributed by atoms with van der Waals surface area (Å²) in [5.74, 6) is 1.15. The molecule has 1 aromatic rings. The maximum atomic E-state index is 12.1. The van der Waals surface area contributed by atoms with Crippen LogP contribution in [0, 0.1) is 27.9 Å². The fraction of sp³-hybridized carbons (Fsp3) is 0.529. The van der Waals surface area contributed by atoms with E-state index in [1.165, 1.54) is 30.7 Å². The number of carbonyl (C=O) groups is 1. The van der Waals surface area contributed by atoms with E-state index in [2.05, 4.69) is 31.3 Å². The minimum atomic E-state index is -0.488. The third-order valence-corrected chi connectivity index (χ3v) is 4.40. The van der Waals surface area contributed by atoms with Gasteiger partial charge in [-0.15, -0.1) is 0 Å². The van der Waals surface area contributed by atoms with Gasteiger partial charge in [-0.05, 0) is 43.2 Å². The number of nitro groups is 1. The first kappa shape index (κ1) is 17.1. The average Bonchev–Trinajstić information content (AvgIpc) is 2.52. The van der Waals surface area contributed by atoms with Gasteiger partial charge in [-0.2, -0.15) is 5.10 Å². The minimum absolute atomic E-state index is 0.0335. The van der Waals surface area contributed by atoms with Gasteiger partial charge in [0.05, 0.1) is 4.92 Å². The van der Waals surface area contributed by atoms with Crippen LogP contribution in [0.25, 0.3) is 0 Å². The molecule has 0 spiro atoms. The normalized spacial score (nSPS) is 23.0. The molecule has 0 heterocycles. The molecule has 2 rings (SSSR count). The van der Waals surface area contributed by atoms with E-state index in [0.29, 0.717) is 23.3 Å². The summed E-state index contributed by atoms with van der Waals surface area (Å²) >= 11 is 0. The summed E-state index contributed by atoms with van der Waals surface area (Å²) in [4.78, 5) is 22.3. The van der Waals surface area contributed by atoms with Crippen LogP contribution in [-0.4, -0.2) is 16.5 Å². The minimum Gasteiger partial charge on any atom is -0.267 e. The summed E-state index contributed by atoms with van der Waals surface area (Å²) in [5, 5.41) is 15.0. The van der Waals surface area contributed by atoms with E-state index in [1.807, 2.05) is 0 Å². The molecule has 0 aromatic heterocycles. The zero-order valence-corrected chi connectivity index (χ0v) is 13.8. The Bertz CT molecular complexity index is 608. The van der Waals surface area contributed by atoms with Crippen LogP contribution in [0.3, 0.4) is 0 Å². The van der Waals surface area contributed by atoms with Crippen LogP contribution in [0.4, 0.5) is 5.69 Å². The highest BCUT2D eigenvalue weighted by Gasteiger charge is 2.27. The van der Waals surface area contributed by atoms with Gasteiger partial charge in [0.15, 0.2) is 0 Å². The van der Waals surface area contributed by atoms with Gasteiger partial charge in [0.2, 0.25) is 0 Å². The molecule has 1 aliphatic carbocycles. The number of nitrogens with zero attached hydrogens (tertiary/aromatic N) is 2. The van der Waals surface area contributed by atoms with Gasteiger partial charge in [-0.3, -0.25) is 14.9 Å². The second kappa shape index (κ2) is 7.35. The molecule has 1 aromatic carbocycles. The summed E-state index contributed by atoms with van der Waals surface area (Å²) in [6, 6.07) is 5.53. The fourth-order valence-corrected chi connectivity index (χ4v) is 3.01. The van der Waals surface area contributed by atoms with Crippen molar-refractivity contribution in [1.29, 1.82) is 0 Å². The Labute approximate surface area is 136 Å². The number of nitro benzene ring substituents is 1. The van der Waals surface area contributed by atoms with Crippen LogP contribution in [0.15, 0.2) is 29.4 Å². The van der Waals surface area contributed by atoms with E-state index in [-0.39, 0.29) is 11.6 Å². The third-order valence-electron chi connectivity index (χ3n) is 4.40. The number of rotatable bonds is 4. The van der Waals surface area contributed by atoms with Crippen molar-refractivity contribution in [2.75, 3.05) is 0 Å². The lowest BCUT2D eigenvalue weighted by Gasteiger charge is -2.30. The van der Waals surface area contributed by atoms with E-state index < -0.39 is 4.92 Å². The van der Waals surface area contributed by atoms with Gasteiger partial charge >= 0.3 is 0 Å². The number of carbonyl (C=O) groups excluding carboxylic acids is 1. The molecule has 1 saturated carbocycles. The Morgan fingerprint density at radius 1 is 1.30 bits per heavy atom. The molecule has 1 N–H and O–H groups in total. The summed E-state index contributed by atoms with van der Waals surface area (Å²) < 4.78 is 0. The maximum Gasteiger partial charge on any atom is 0.271 e. The largest absolute Gasteiger partial charge is 0.271 e. The average molecular weight is 317 g/mol. The number of benzene rings is 1. The third kappa shape index (κ3) is 4.37. The van der Waals surface area contributed by atoms with Gasteiger partial charge in [0.1, 0.15) is 0 Å². The Kier molecular flexibility index (Phi) is 5.47. The van der Waals surface area contributed by atoms with E-state index in [9.17, 15) is 14.9 Å². The lowest BCUT2D eigenvalue weighted by Crippen LogP contribution is -2.31. The van der Waals surface area contributed by atoms with Crippen molar-refractivity contribution in [2.45, 2.75) is 40.0 Å². The van der Waals surface area contributed by atoms with E-state index in [1.54, 1.807) is 0 Å². The number of hydrogen-bond donors (Lipinski definition) is 1. The molecule has 1 aliphatic rings. The molecule has 1 fully saturated rings. The molecule has 1 amide bonds. The molecule has 2 atom stereocenters. The summed E-state index contributed by atoms with van der Waals surface area (Å²) in [7, 11) is 0. The van der Waals surface area contributed by atoms with Crippen LogP contribution in [0.1, 0.15) is 50.4 Å². The smallest absolute Gasteiger partial charge is 0.267 e. The number of hydrazone groups is 1. The first-order valence-electron chi connectivity index (χ1n) is 7.99. The van der Waals surface area contributed by atoms with Gasteiger partial charge in [-0.1, -0.05) is 20.8 Å². The van der Waals surface area contributed by atoms with Crippen molar-refractivity contribution in [3.05, 3.63) is 39.9 Å². The van der Waals surface area contributed by atoms with Crippen LogP contribution in [0.5, 0.6) is 0 Å². The first-order chi connectivity index (χ1) is 10.9. The lowest BCUT2D eigenvalue weighted by atomic mass is 9.76. The monoisotopic (exact) mass is 317 g/mol. The number of non-ortho nitro benzene ring substituents is 1. The topological polar surface area (TPSA) is 84.6 Å². The standard InChI is InChI=1S/C17H23N3O3/c1-11(2)15-9-4-12(3)10-16(15)18-19-17(21)13-5-7-14(8-6-13)20(22)23/h5-8,11-12,15H,4,9-10H2,1-3H3,(H,19,21)/b18-16-/t12-,15+/m1/s1. The van der Waals surface area contributed by atoms with Gasteiger partial charge in [0, 0.05) is 29.3 Å². The zero-order chi connectivity index (χ0) is 17.0.